The van der Waals surface area contributed by atoms with Crippen molar-refractivity contribution in [3.8, 4) is 5.69 Å². The predicted octanol–water partition coefficient (Wildman–Crippen LogP) is 5.06. The molecule has 7 nitrogen and oxygen atoms in total. The number of benzene rings is 3. The van der Waals surface area contributed by atoms with Gasteiger partial charge in [-0.05, 0) is 75.2 Å². The first kappa shape index (κ1) is 25.9. The largest absolute Gasteiger partial charge is 0.318 e. The fourth-order valence-electron chi connectivity index (χ4n) is 4.26. The Bertz CT molecular complexity index is 1560. The Balaban J connectivity index is 1.55. The molecule has 1 aromatic heterocycles. The molecule has 0 aliphatic heterocycles. The number of nitrogens with zero attached hydrogens (tertiary/aromatic N) is 3. The van der Waals surface area contributed by atoms with E-state index < -0.39 is 22.5 Å². The molecule has 1 amide bonds. The Morgan fingerprint density at radius 1 is 0.919 bits per heavy atom. The number of para-hydroxylation sites is 1. The van der Waals surface area contributed by atoms with Crippen molar-refractivity contribution in [3.63, 3.8) is 0 Å². The van der Waals surface area contributed by atoms with E-state index in [0.29, 0.717) is 5.69 Å². The summed E-state index contributed by atoms with van der Waals surface area (Å²) in [6, 6.07) is 25.2. The molecule has 0 bridgehead atoms. The number of aromatic nitrogens is 1. The number of hydrazone groups is 1. The Kier molecular flexibility index (Phi) is 7.59. The molecule has 0 radical (unpaired) electrons. The third-order valence-corrected chi connectivity index (χ3v) is 7.92. The third-order valence-electron chi connectivity index (χ3n) is 6.13. The highest BCUT2D eigenvalue weighted by Crippen LogP contribution is 2.25. The van der Waals surface area contributed by atoms with E-state index in [-0.39, 0.29) is 4.90 Å². The Morgan fingerprint density at radius 3 is 2.32 bits per heavy atom. The van der Waals surface area contributed by atoms with Crippen molar-refractivity contribution in [1.29, 1.82) is 0 Å². The van der Waals surface area contributed by atoms with Crippen LogP contribution in [0.1, 0.15) is 28.1 Å². The fourth-order valence-corrected chi connectivity index (χ4v) is 5.69. The number of hydrogen-bond acceptors (Lipinski definition) is 4. The van der Waals surface area contributed by atoms with E-state index in [1.807, 2.05) is 45.0 Å². The number of sulfonamides is 1. The zero-order valence-electron chi connectivity index (χ0n) is 21.3. The van der Waals surface area contributed by atoms with Crippen LogP contribution in [0.3, 0.4) is 0 Å². The SMILES string of the molecule is Cc1cccc(N(CC(=O)N/N=C\c2cc(C)n(-c3ccccc3C)c2C)S(=O)(=O)c2ccccc2)c1. The number of hydrogen-bond donors (Lipinski definition) is 1. The summed E-state index contributed by atoms with van der Waals surface area (Å²) in [5.74, 6) is -0.551. The second-order valence-electron chi connectivity index (χ2n) is 8.91. The Hall–Kier alpha value is -4.17. The van der Waals surface area contributed by atoms with Gasteiger partial charge in [0.1, 0.15) is 6.54 Å². The van der Waals surface area contributed by atoms with Crippen molar-refractivity contribution in [1.82, 2.24) is 9.99 Å². The molecule has 4 aromatic rings. The number of rotatable bonds is 8. The Morgan fingerprint density at radius 2 is 1.62 bits per heavy atom. The average molecular weight is 515 g/mol. The summed E-state index contributed by atoms with van der Waals surface area (Å²) in [5, 5.41) is 4.13. The summed E-state index contributed by atoms with van der Waals surface area (Å²) in [4.78, 5) is 13.0. The first-order chi connectivity index (χ1) is 17.7. The minimum atomic E-state index is -3.97. The van der Waals surface area contributed by atoms with Gasteiger partial charge in [0, 0.05) is 22.6 Å². The van der Waals surface area contributed by atoms with Crippen molar-refractivity contribution in [2.75, 3.05) is 10.8 Å². The molecule has 4 rings (SSSR count). The molecule has 0 atom stereocenters. The second kappa shape index (κ2) is 10.8. The van der Waals surface area contributed by atoms with Gasteiger partial charge >= 0.3 is 0 Å². The van der Waals surface area contributed by atoms with E-state index in [1.165, 1.54) is 12.1 Å². The van der Waals surface area contributed by atoms with Crippen molar-refractivity contribution in [2.24, 2.45) is 5.10 Å². The smallest absolute Gasteiger partial charge is 0.264 e. The van der Waals surface area contributed by atoms with Crippen LogP contribution in [0.25, 0.3) is 5.69 Å². The maximum atomic E-state index is 13.4. The highest BCUT2D eigenvalue weighted by Gasteiger charge is 2.27. The normalized spacial score (nSPS) is 11.6. The lowest BCUT2D eigenvalue weighted by atomic mass is 10.2. The van der Waals surface area contributed by atoms with Crippen LogP contribution in [0.15, 0.2) is 94.9 Å². The van der Waals surface area contributed by atoms with Crippen LogP contribution in [0.5, 0.6) is 0 Å². The maximum absolute atomic E-state index is 13.4. The van der Waals surface area contributed by atoms with E-state index in [9.17, 15) is 13.2 Å². The van der Waals surface area contributed by atoms with E-state index >= 15 is 0 Å². The molecule has 37 heavy (non-hydrogen) atoms. The van der Waals surface area contributed by atoms with Crippen molar-refractivity contribution in [3.05, 3.63) is 113 Å². The highest BCUT2D eigenvalue weighted by molar-refractivity contribution is 7.92. The molecule has 1 N–H and O–H groups in total. The number of anilines is 1. The second-order valence-corrected chi connectivity index (χ2v) is 10.8. The molecule has 1 heterocycles. The van der Waals surface area contributed by atoms with Crippen LogP contribution in [0, 0.1) is 27.7 Å². The standard InChI is InChI=1S/C29H30N4O3S/c1-21-11-10-13-26(17-21)32(37(35,36)27-14-6-5-7-15-27)20-29(34)31-30-19-25-18-23(3)33(24(25)4)28-16-9-8-12-22(28)2/h5-19H,20H2,1-4H3,(H,31,34)/b30-19-. The molecule has 0 saturated carbocycles. The summed E-state index contributed by atoms with van der Waals surface area (Å²) in [6.45, 7) is 7.53. The minimum absolute atomic E-state index is 0.108. The van der Waals surface area contributed by atoms with Gasteiger partial charge in [-0.15, -0.1) is 0 Å². The van der Waals surface area contributed by atoms with Gasteiger partial charge in [-0.2, -0.15) is 5.10 Å². The number of nitrogens with one attached hydrogen (secondary N) is 1. The van der Waals surface area contributed by atoms with Crippen LogP contribution in [0.2, 0.25) is 0 Å². The quantitative estimate of drug-likeness (QED) is 0.264. The van der Waals surface area contributed by atoms with Gasteiger partial charge in [0.15, 0.2) is 0 Å². The van der Waals surface area contributed by atoms with Crippen LogP contribution in [0.4, 0.5) is 5.69 Å². The van der Waals surface area contributed by atoms with Crippen molar-refractivity contribution in [2.45, 2.75) is 32.6 Å². The molecule has 190 valence electrons. The molecule has 0 aliphatic carbocycles. The van der Waals surface area contributed by atoms with Crippen LogP contribution < -0.4 is 9.73 Å². The number of aryl methyl sites for hydroxylation is 3. The molecule has 0 saturated heterocycles. The van der Waals surface area contributed by atoms with Gasteiger partial charge in [-0.3, -0.25) is 9.10 Å². The number of carbonyl (C=O) groups excluding carboxylic acids is 1. The van der Waals surface area contributed by atoms with Crippen molar-refractivity contribution < 1.29 is 13.2 Å². The summed E-state index contributed by atoms with van der Waals surface area (Å²) < 4.78 is 30.1. The first-order valence-corrected chi connectivity index (χ1v) is 13.3. The molecule has 3 aromatic carbocycles. The molecule has 8 heteroatoms. The minimum Gasteiger partial charge on any atom is -0.318 e. The lowest BCUT2D eigenvalue weighted by Gasteiger charge is -2.24. The average Bonchev–Trinajstić information content (AvgIpc) is 3.16. The van der Waals surface area contributed by atoms with Gasteiger partial charge in [0.25, 0.3) is 15.9 Å². The van der Waals surface area contributed by atoms with E-state index in [0.717, 1.165) is 38.1 Å². The highest BCUT2D eigenvalue weighted by atomic mass is 32.2. The van der Waals surface area contributed by atoms with E-state index in [4.69, 9.17) is 0 Å². The molecule has 0 aliphatic rings. The van der Waals surface area contributed by atoms with E-state index in [2.05, 4.69) is 34.2 Å². The first-order valence-electron chi connectivity index (χ1n) is 11.9. The van der Waals surface area contributed by atoms with Crippen LogP contribution in [-0.2, 0) is 14.8 Å². The molecule has 0 unspecified atom stereocenters. The molecule has 0 spiro atoms. The molecular weight excluding hydrogens is 484 g/mol. The third kappa shape index (κ3) is 5.65. The zero-order valence-corrected chi connectivity index (χ0v) is 22.2. The predicted molar refractivity (Wildman–Crippen MR) is 148 cm³/mol. The fraction of sp³-hybridized carbons (Fsp3) is 0.172. The van der Waals surface area contributed by atoms with Crippen molar-refractivity contribution >= 4 is 27.8 Å². The molecule has 0 fully saturated rings. The van der Waals surface area contributed by atoms with Gasteiger partial charge in [0.05, 0.1) is 16.8 Å². The van der Waals surface area contributed by atoms with Gasteiger partial charge < -0.3 is 4.57 Å². The lowest BCUT2D eigenvalue weighted by Crippen LogP contribution is -2.39. The molecular formula is C29H30N4O3S. The number of carbonyl (C=O) groups is 1. The Labute approximate surface area is 218 Å². The topological polar surface area (TPSA) is 83.8 Å². The van der Waals surface area contributed by atoms with Crippen LogP contribution in [-0.4, -0.2) is 31.7 Å². The van der Waals surface area contributed by atoms with Gasteiger partial charge in [-0.25, -0.2) is 13.8 Å². The lowest BCUT2D eigenvalue weighted by molar-refractivity contribution is -0.119. The van der Waals surface area contributed by atoms with Gasteiger partial charge in [0.2, 0.25) is 0 Å². The van der Waals surface area contributed by atoms with E-state index in [1.54, 1.807) is 42.6 Å². The maximum Gasteiger partial charge on any atom is 0.264 e. The summed E-state index contributed by atoms with van der Waals surface area (Å²) in [6.07, 6.45) is 1.58. The van der Waals surface area contributed by atoms with Crippen LogP contribution >= 0.6 is 0 Å². The monoisotopic (exact) mass is 514 g/mol. The zero-order chi connectivity index (χ0) is 26.6. The van der Waals surface area contributed by atoms with Gasteiger partial charge in [-0.1, -0.05) is 48.5 Å². The summed E-state index contributed by atoms with van der Waals surface area (Å²) in [7, 11) is -3.97. The summed E-state index contributed by atoms with van der Waals surface area (Å²) in [5.41, 5.74) is 8.90. The number of amides is 1. The summed E-state index contributed by atoms with van der Waals surface area (Å²) >= 11 is 0.